The summed E-state index contributed by atoms with van der Waals surface area (Å²) in [4.78, 5) is 10.5. The topological polar surface area (TPSA) is 51.2 Å². The van der Waals surface area contributed by atoms with Crippen LogP contribution < -0.4 is 0 Å². The maximum Gasteiger partial charge on any atom is 0.211 e. The first-order valence-electron chi connectivity index (χ1n) is 2.92. The number of rotatable bonds is 4. The molecule has 0 unspecified atom stereocenters. The van der Waals surface area contributed by atoms with E-state index in [9.17, 15) is 13.2 Å². The summed E-state index contributed by atoms with van der Waals surface area (Å²) in [5, 5.41) is -0.186. The Hall–Kier alpha value is -0.290. The van der Waals surface area contributed by atoms with Crippen LogP contribution in [0.25, 0.3) is 0 Å². The summed E-state index contributed by atoms with van der Waals surface area (Å²) in [6.07, 6.45) is 2.32. The van der Waals surface area contributed by atoms with Gasteiger partial charge in [-0.1, -0.05) is 18.3 Å². The van der Waals surface area contributed by atoms with Gasteiger partial charge in [0.25, 0.3) is 0 Å². The van der Waals surface area contributed by atoms with E-state index in [4.69, 9.17) is 0 Å². The Balaban J connectivity index is 3.59. The first kappa shape index (κ1) is 10.7. The zero-order chi connectivity index (χ0) is 8.91. The van der Waals surface area contributed by atoms with Crippen LogP contribution in [0.1, 0.15) is 0 Å². The SMILES string of the molecule is C=CC(=O)SCCS(C)(=O)=O. The second kappa shape index (κ2) is 4.56. The number of carbonyl (C=O) groups is 1. The molecule has 64 valence electrons. The van der Waals surface area contributed by atoms with Crippen molar-refractivity contribution in [3.63, 3.8) is 0 Å². The summed E-state index contributed by atoms with van der Waals surface area (Å²) < 4.78 is 21.1. The van der Waals surface area contributed by atoms with Gasteiger partial charge in [-0.25, -0.2) is 8.42 Å². The van der Waals surface area contributed by atoms with Crippen LogP contribution in [0.15, 0.2) is 12.7 Å². The smallest absolute Gasteiger partial charge is 0.211 e. The number of thioether (sulfide) groups is 1. The van der Waals surface area contributed by atoms with Crippen molar-refractivity contribution in [1.29, 1.82) is 0 Å². The van der Waals surface area contributed by atoms with Crippen molar-refractivity contribution in [2.75, 3.05) is 17.8 Å². The van der Waals surface area contributed by atoms with Crippen LogP contribution in [0.2, 0.25) is 0 Å². The Morgan fingerprint density at radius 3 is 2.55 bits per heavy atom. The molecular formula is C6H10O3S2. The monoisotopic (exact) mass is 194 g/mol. The Morgan fingerprint density at radius 2 is 2.18 bits per heavy atom. The van der Waals surface area contributed by atoms with Gasteiger partial charge in [0.15, 0.2) is 0 Å². The summed E-state index contributed by atoms with van der Waals surface area (Å²) in [5.74, 6) is 0.348. The molecule has 0 fully saturated rings. The van der Waals surface area contributed by atoms with E-state index in [0.717, 1.165) is 18.0 Å². The fourth-order valence-corrected chi connectivity index (χ4v) is 2.22. The quantitative estimate of drug-likeness (QED) is 0.611. The van der Waals surface area contributed by atoms with Gasteiger partial charge in [-0.05, 0) is 6.08 Å². The summed E-state index contributed by atoms with van der Waals surface area (Å²) >= 11 is 0.967. The lowest BCUT2D eigenvalue weighted by molar-refractivity contribution is -0.107. The van der Waals surface area contributed by atoms with Gasteiger partial charge in [-0.3, -0.25) is 4.79 Å². The predicted molar refractivity (Wildman–Crippen MR) is 47.4 cm³/mol. The largest absolute Gasteiger partial charge is 0.282 e. The van der Waals surface area contributed by atoms with Gasteiger partial charge >= 0.3 is 0 Å². The summed E-state index contributed by atoms with van der Waals surface area (Å²) in [7, 11) is -2.94. The molecule has 0 heterocycles. The van der Waals surface area contributed by atoms with E-state index in [-0.39, 0.29) is 10.9 Å². The number of carbonyl (C=O) groups excluding carboxylic acids is 1. The fraction of sp³-hybridized carbons (Fsp3) is 0.500. The molecule has 0 aromatic carbocycles. The molecule has 0 saturated heterocycles. The second-order valence-corrected chi connectivity index (χ2v) is 5.36. The van der Waals surface area contributed by atoms with Gasteiger partial charge in [0, 0.05) is 12.0 Å². The van der Waals surface area contributed by atoms with Crippen LogP contribution in [0.4, 0.5) is 0 Å². The number of hydrogen-bond donors (Lipinski definition) is 0. The standard InChI is InChI=1S/C6H10O3S2/c1-3-6(7)10-4-5-11(2,8)9/h3H,1,4-5H2,2H3. The third-order valence-electron chi connectivity index (χ3n) is 0.865. The molecule has 0 aromatic heterocycles. The predicted octanol–water partition coefficient (Wildman–Crippen LogP) is 0.477. The molecule has 0 spiro atoms. The lowest BCUT2D eigenvalue weighted by Crippen LogP contribution is -2.06. The molecule has 5 heteroatoms. The molecular weight excluding hydrogens is 184 g/mol. The molecule has 0 amide bonds. The Labute approximate surface area is 70.8 Å². The Kier molecular flexibility index (Phi) is 4.44. The summed E-state index contributed by atoms with van der Waals surface area (Å²) in [6, 6.07) is 0. The highest BCUT2D eigenvalue weighted by molar-refractivity contribution is 8.14. The van der Waals surface area contributed by atoms with Crippen LogP contribution in [0.5, 0.6) is 0 Å². The second-order valence-electron chi connectivity index (χ2n) is 2.00. The Bertz CT molecular complexity index is 241. The first-order valence-corrected chi connectivity index (χ1v) is 5.97. The molecule has 0 bridgehead atoms. The van der Waals surface area contributed by atoms with Gasteiger partial charge in [0.1, 0.15) is 9.84 Å². The highest BCUT2D eigenvalue weighted by Gasteiger charge is 2.03. The molecule has 3 nitrogen and oxygen atoms in total. The fourth-order valence-electron chi connectivity index (χ4n) is 0.353. The molecule has 0 aliphatic carbocycles. The molecule has 0 rings (SSSR count). The molecule has 0 radical (unpaired) electrons. The van der Waals surface area contributed by atoms with E-state index in [0.29, 0.717) is 5.75 Å². The van der Waals surface area contributed by atoms with E-state index in [1.54, 1.807) is 0 Å². The molecule has 0 aromatic rings. The highest BCUT2D eigenvalue weighted by Crippen LogP contribution is 2.02. The van der Waals surface area contributed by atoms with Gasteiger partial charge < -0.3 is 0 Å². The van der Waals surface area contributed by atoms with Crippen molar-refractivity contribution >= 4 is 26.7 Å². The first-order chi connectivity index (χ1) is 4.95. The van der Waals surface area contributed by atoms with E-state index >= 15 is 0 Å². The van der Waals surface area contributed by atoms with Crippen LogP contribution >= 0.6 is 11.8 Å². The van der Waals surface area contributed by atoms with E-state index in [1.807, 2.05) is 0 Å². The molecule has 11 heavy (non-hydrogen) atoms. The zero-order valence-electron chi connectivity index (χ0n) is 6.24. The van der Waals surface area contributed by atoms with Crippen LogP contribution in [0, 0.1) is 0 Å². The van der Waals surface area contributed by atoms with Crippen molar-refractivity contribution < 1.29 is 13.2 Å². The van der Waals surface area contributed by atoms with Crippen molar-refractivity contribution in [1.82, 2.24) is 0 Å². The third-order valence-corrected chi connectivity index (χ3v) is 2.93. The molecule has 0 atom stereocenters. The maximum absolute atomic E-state index is 10.6. The van der Waals surface area contributed by atoms with Gasteiger partial charge in [0.05, 0.1) is 5.75 Å². The van der Waals surface area contributed by atoms with Gasteiger partial charge in [-0.2, -0.15) is 0 Å². The number of hydrogen-bond acceptors (Lipinski definition) is 4. The average molecular weight is 194 g/mol. The van der Waals surface area contributed by atoms with Gasteiger partial charge in [-0.15, -0.1) is 0 Å². The normalized spacial score (nSPS) is 11.0. The van der Waals surface area contributed by atoms with Crippen molar-refractivity contribution in [2.24, 2.45) is 0 Å². The van der Waals surface area contributed by atoms with E-state index in [2.05, 4.69) is 6.58 Å². The highest BCUT2D eigenvalue weighted by atomic mass is 32.2. The van der Waals surface area contributed by atoms with E-state index in [1.165, 1.54) is 6.08 Å². The summed E-state index contributed by atoms with van der Waals surface area (Å²) in [5.41, 5.74) is 0. The number of sulfone groups is 1. The minimum absolute atomic E-state index is 0.0389. The van der Waals surface area contributed by atoms with E-state index < -0.39 is 9.84 Å². The van der Waals surface area contributed by atoms with Crippen molar-refractivity contribution in [3.8, 4) is 0 Å². The molecule has 0 aliphatic heterocycles. The molecule has 0 N–H and O–H groups in total. The molecule has 0 aliphatic rings. The lowest BCUT2D eigenvalue weighted by atomic mass is 10.7. The van der Waals surface area contributed by atoms with Gasteiger partial charge in [0.2, 0.25) is 5.12 Å². The maximum atomic E-state index is 10.6. The minimum Gasteiger partial charge on any atom is -0.282 e. The van der Waals surface area contributed by atoms with Crippen LogP contribution in [-0.2, 0) is 14.6 Å². The van der Waals surface area contributed by atoms with Crippen LogP contribution in [0.3, 0.4) is 0 Å². The van der Waals surface area contributed by atoms with Crippen molar-refractivity contribution in [2.45, 2.75) is 0 Å². The third kappa shape index (κ3) is 7.61. The zero-order valence-corrected chi connectivity index (χ0v) is 7.87. The van der Waals surface area contributed by atoms with Crippen molar-refractivity contribution in [3.05, 3.63) is 12.7 Å². The average Bonchev–Trinajstić information content (AvgIpc) is 1.85. The lowest BCUT2D eigenvalue weighted by Gasteiger charge is -1.94. The summed E-state index contributed by atoms with van der Waals surface area (Å²) in [6.45, 7) is 3.26. The minimum atomic E-state index is -2.94. The Morgan fingerprint density at radius 1 is 1.64 bits per heavy atom. The van der Waals surface area contributed by atoms with Crippen LogP contribution in [-0.4, -0.2) is 31.3 Å². The molecule has 0 saturated carbocycles.